The van der Waals surface area contributed by atoms with Crippen molar-refractivity contribution in [2.24, 2.45) is 7.05 Å². The van der Waals surface area contributed by atoms with Crippen molar-refractivity contribution in [3.63, 3.8) is 0 Å². The zero-order valence-electron chi connectivity index (χ0n) is 14.0. The maximum atomic E-state index is 12.8. The normalized spacial score (nSPS) is 25.2. The molecule has 0 saturated carbocycles. The summed E-state index contributed by atoms with van der Waals surface area (Å²) in [5.41, 5.74) is 0.956. The van der Waals surface area contributed by atoms with E-state index < -0.39 is 0 Å². The molecule has 0 aromatic carbocycles. The Bertz CT molecular complexity index is 536. The van der Waals surface area contributed by atoms with Gasteiger partial charge < -0.3 is 5.32 Å². The standard InChI is InChI=1S/C15H25N5O.2ClH/c1-11-9-14(18(3)17-11)20-8-6-13(15(20)21)19-7-4-5-12(10-19)16-2;;/h9,12-13,16H,4-8,10H2,1-3H3;2*1H. The van der Waals surface area contributed by atoms with Gasteiger partial charge in [-0.1, -0.05) is 0 Å². The lowest BCUT2D eigenvalue weighted by atomic mass is 10.0. The molecule has 1 N–H and O–H groups in total. The SMILES string of the molecule is CNC1CCCN(C2CCN(c3cc(C)nn3C)C2=O)C1.Cl.Cl. The molecule has 1 amide bonds. The lowest BCUT2D eigenvalue weighted by molar-refractivity contribution is -0.122. The average molecular weight is 364 g/mol. The summed E-state index contributed by atoms with van der Waals surface area (Å²) in [6.45, 7) is 4.77. The number of likely N-dealkylation sites (N-methyl/N-ethyl adjacent to an activating group) is 1. The van der Waals surface area contributed by atoms with E-state index in [1.54, 1.807) is 0 Å². The number of amides is 1. The number of carbonyl (C=O) groups is 1. The van der Waals surface area contributed by atoms with E-state index in [4.69, 9.17) is 0 Å². The molecule has 2 atom stereocenters. The van der Waals surface area contributed by atoms with Gasteiger partial charge >= 0.3 is 0 Å². The first-order chi connectivity index (χ1) is 10.1. The number of rotatable bonds is 3. The van der Waals surface area contributed by atoms with Gasteiger partial charge in [-0.25, -0.2) is 0 Å². The van der Waals surface area contributed by atoms with Crippen molar-refractivity contribution in [1.82, 2.24) is 20.0 Å². The van der Waals surface area contributed by atoms with Gasteiger partial charge in [-0.3, -0.25) is 19.3 Å². The second-order valence-electron chi connectivity index (χ2n) is 6.18. The molecule has 0 radical (unpaired) electrons. The van der Waals surface area contributed by atoms with Crippen molar-refractivity contribution in [3.8, 4) is 0 Å². The van der Waals surface area contributed by atoms with Crippen LogP contribution in [0.3, 0.4) is 0 Å². The van der Waals surface area contributed by atoms with Crippen LogP contribution in [-0.4, -0.2) is 59.4 Å². The van der Waals surface area contributed by atoms with Crippen LogP contribution in [0.25, 0.3) is 0 Å². The Hall–Kier alpha value is -0.820. The molecule has 132 valence electrons. The number of nitrogens with one attached hydrogen (secondary N) is 1. The largest absolute Gasteiger partial charge is 0.316 e. The number of aryl methyl sites for hydroxylation is 2. The fraction of sp³-hybridized carbons (Fsp3) is 0.733. The number of nitrogens with zero attached hydrogens (tertiary/aromatic N) is 4. The predicted molar refractivity (Wildman–Crippen MR) is 96.9 cm³/mol. The number of hydrogen-bond acceptors (Lipinski definition) is 4. The Morgan fingerprint density at radius 1 is 1.26 bits per heavy atom. The van der Waals surface area contributed by atoms with Gasteiger partial charge in [-0.15, -0.1) is 24.8 Å². The van der Waals surface area contributed by atoms with E-state index in [9.17, 15) is 4.79 Å². The quantitative estimate of drug-likeness (QED) is 0.880. The zero-order valence-corrected chi connectivity index (χ0v) is 15.6. The predicted octanol–water partition coefficient (Wildman–Crippen LogP) is 1.36. The molecule has 2 unspecified atom stereocenters. The van der Waals surface area contributed by atoms with Gasteiger partial charge in [0.05, 0.1) is 11.7 Å². The first-order valence-electron chi connectivity index (χ1n) is 7.83. The van der Waals surface area contributed by atoms with Crippen molar-refractivity contribution in [2.45, 2.75) is 38.3 Å². The molecule has 0 aliphatic carbocycles. The highest BCUT2D eigenvalue weighted by molar-refractivity contribution is 5.98. The van der Waals surface area contributed by atoms with Gasteiger partial charge in [-0.2, -0.15) is 5.10 Å². The molecule has 6 nitrogen and oxygen atoms in total. The number of anilines is 1. The summed E-state index contributed by atoms with van der Waals surface area (Å²) in [6.07, 6.45) is 3.29. The third kappa shape index (κ3) is 3.99. The van der Waals surface area contributed by atoms with Crippen LogP contribution >= 0.6 is 24.8 Å². The molecule has 1 aromatic heterocycles. The Kier molecular flexibility index (Phi) is 7.32. The lowest BCUT2D eigenvalue weighted by Gasteiger charge is -2.35. The summed E-state index contributed by atoms with van der Waals surface area (Å²) in [5, 5.41) is 7.70. The van der Waals surface area contributed by atoms with Gasteiger partial charge in [0.15, 0.2) is 0 Å². The number of piperidine rings is 1. The summed E-state index contributed by atoms with van der Waals surface area (Å²) in [6, 6.07) is 2.54. The minimum absolute atomic E-state index is 0. The monoisotopic (exact) mass is 363 g/mol. The van der Waals surface area contributed by atoms with Gasteiger partial charge in [0, 0.05) is 32.2 Å². The maximum absolute atomic E-state index is 12.8. The Morgan fingerprint density at radius 3 is 2.61 bits per heavy atom. The first kappa shape index (κ1) is 20.2. The second kappa shape index (κ2) is 8.33. The number of likely N-dealkylation sites (tertiary alicyclic amines) is 1. The number of aromatic nitrogens is 2. The van der Waals surface area contributed by atoms with Crippen LogP contribution in [0.5, 0.6) is 0 Å². The molecular formula is C15H27Cl2N5O. The molecule has 2 aliphatic heterocycles. The third-order valence-corrected chi connectivity index (χ3v) is 4.73. The first-order valence-corrected chi connectivity index (χ1v) is 7.83. The molecule has 3 rings (SSSR count). The van der Waals surface area contributed by atoms with Crippen LogP contribution in [-0.2, 0) is 11.8 Å². The van der Waals surface area contributed by atoms with Gasteiger partial charge in [0.1, 0.15) is 5.82 Å². The van der Waals surface area contributed by atoms with Crippen LogP contribution in [0.4, 0.5) is 5.82 Å². The van der Waals surface area contributed by atoms with Gasteiger partial charge in [0.25, 0.3) is 0 Å². The highest BCUT2D eigenvalue weighted by Gasteiger charge is 2.39. The van der Waals surface area contributed by atoms with Crippen molar-refractivity contribution in [3.05, 3.63) is 11.8 Å². The molecule has 2 fully saturated rings. The molecule has 1 aromatic rings. The molecule has 0 bridgehead atoms. The van der Waals surface area contributed by atoms with Gasteiger partial charge in [-0.05, 0) is 39.8 Å². The second-order valence-corrected chi connectivity index (χ2v) is 6.18. The van der Waals surface area contributed by atoms with E-state index in [0.29, 0.717) is 6.04 Å². The minimum Gasteiger partial charge on any atom is -0.316 e. The third-order valence-electron chi connectivity index (χ3n) is 4.73. The van der Waals surface area contributed by atoms with Crippen LogP contribution in [0.2, 0.25) is 0 Å². The highest BCUT2D eigenvalue weighted by Crippen LogP contribution is 2.26. The molecule has 2 aliphatic rings. The van der Waals surface area contributed by atoms with Crippen molar-refractivity contribution >= 4 is 36.5 Å². The van der Waals surface area contributed by atoms with Crippen molar-refractivity contribution < 1.29 is 4.79 Å². The fourth-order valence-corrected chi connectivity index (χ4v) is 3.61. The van der Waals surface area contributed by atoms with Crippen molar-refractivity contribution in [2.75, 3.05) is 31.6 Å². The topological polar surface area (TPSA) is 53.4 Å². The Morgan fingerprint density at radius 2 is 2.00 bits per heavy atom. The van der Waals surface area contributed by atoms with E-state index in [1.165, 1.54) is 12.8 Å². The number of hydrogen-bond donors (Lipinski definition) is 1. The van der Waals surface area contributed by atoms with E-state index in [0.717, 1.165) is 37.6 Å². The van der Waals surface area contributed by atoms with Crippen LogP contribution in [0, 0.1) is 6.92 Å². The Labute approximate surface area is 150 Å². The summed E-state index contributed by atoms with van der Waals surface area (Å²) in [7, 11) is 3.91. The molecule has 3 heterocycles. The summed E-state index contributed by atoms with van der Waals surface area (Å²) >= 11 is 0. The van der Waals surface area contributed by atoms with E-state index in [2.05, 4.69) is 15.3 Å². The van der Waals surface area contributed by atoms with E-state index in [-0.39, 0.29) is 36.8 Å². The van der Waals surface area contributed by atoms with Crippen molar-refractivity contribution in [1.29, 1.82) is 0 Å². The average Bonchev–Trinajstić information content (AvgIpc) is 3.01. The molecule has 2 saturated heterocycles. The molecular weight excluding hydrogens is 337 g/mol. The van der Waals surface area contributed by atoms with Crippen LogP contribution in [0.15, 0.2) is 6.07 Å². The minimum atomic E-state index is 0. The summed E-state index contributed by atoms with van der Waals surface area (Å²) in [4.78, 5) is 17.0. The summed E-state index contributed by atoms with van der Waals surface area (Å²) in [5.74, 6) is 1.15. The lowest BCUT2D eigenvalue weighted by Crippen LogP contribution is -2.51. The molecule has 0 spiro atoms. The molecule has 23 heavy (non-hydrogen) atoms. The number of halogens is 2. The Balaban J connectivity index is 0.00000132. The van der Waals surface area contributed by atoms with Gasteiger partial charge in [0.2, 0.25) is 5.91 Å². The molecule has 8 heteroatoms. The zero-order chi connectivity index (χ0) is 15.0. The van der Waals surface area contributed by atoms with E-state index >= 15 is 0 Å². The number of carbonyl (C=O) groups excluding carboxylic acids is 1. The highest BCUT2D eigenvalue weighted by atomic mass is 35.5. The van der Waals surface area contributed by atoms with Crippen LogP contribution in [0.1, 0.15) is 25.0 Å². The smallest absolute Gasteiger partial charge is 0.245 e. The van der Waals surface area contributed by atoms with E-state index in [1.807, 2.05) is 36.7 Å². The summed E-state index contributed by atoms with van der Waals surface area (Å²) < 4.78 is 1.81. The maximum Gasteiger partial charge on any atom is 0.245 e. The fourth-order valence-electron chi connectivity index (χ4n) is 3.61. The van der Waals surface area contributed by atoms with Crippen LogP contribution < -0.4 is 10.2 Å².